The first-order valence-electron chi connectivity index (χ1n) is 20.1. The van der Waals surface area contributed by atoms with Gasteiger partial charge in [0.1, 0.15) is 17.3 Å². The van der Waals surface area contributed by atoms with Crippen LogP contribution < -0.4 is 9.30 Å². The maximum atomic E-state index is 9.05. The highest BCUT2D eigenvalue weighted by molar-refractivity contribution is 6.10. The fourth-order valence-electron chi connectivity index (χ4n) is 7.43. The zero-order chi connectivity index (χ0) is 40.4. The van der Waals surface area contributed by atoms with Gasteiger partial charge in [0, 0.05) is 38.0 Å². The van der Waals surface area contributed by atoms with E-state index in [2.05, 4.69) is 121 Å². The summed E-state index contributed by atoms with van der Waals surface area (Å²) in [5.41, 5.74) is 8.35. The Morgan fingerprint density at radius 3 is 2.21 bits per heavy atom. The highest BCUT2D eigenvalue weighted by Gasteiger charge is 2.20. The Hall–Kier alpha value is -6.53. The van der Waals surface area contributed by atoms with Crippen molar-refractivity contribution in [3.05, 3.63) is 169 Å². The molecule has 4 aromatic heterocycles. The lowest BCUT2D eigenvalue weighted by molar-refractivity contribution is -0.572. The van der Waals surface area contributed by atoms with Crippen LogP contribution in [0.5, 0.6) is 11.5 Å². The van der Waals surface area contributed by atoms with Gasteiger partial charge in [-0.15, -0.1) is 0 Å². The molecule has 0 N–H and O–H groups in total. The maximum absolute atomic E-state index is 9.05. The highest BCUT2D eigenvalue weighted by atomic mass is 16.5. The minimum Gasteiger partial charge on any atom is -0.458 e. The van der Waals surface area contributed by atoms with E-state index in [-0.39, 0.29) is 5.41 Å². The normalized spacial score (nSPS) is 13.0. The molecular weight excluding hydrogens is 687 g/mol. The summed E-state index contributed by atoms with van der Waals surface area (Å²) in [4.78, 5) is 9.59. The van der Waals surface area contributed by atoms with Crippen LogP contribution in [0.15, 0.2) is 152 Å². The number of hydrogen-bond donors (Lipinski definition) is 0. The Bertz CT molecular complexity index is 2990. The minimum absolute atomic E-state index is 0.00719. The van der Waals surface area contributed by atoms with Gasteiger partial charge < -0.3 is 4.74 Å². The van der Waals surface area contributed by atoms with Crippen molar-refractivity contribution in [3.8, 4) is 39.9 Å². The molecule has 0 unspecified atom stereocenters. The average Bonchev–Trinajstić information content (AvgIpc) is 3.76. The fraction of sp³-hybridized carbons (Fsp3) is 0.180. The van der Waals surface area contributed by atoms with Crippen LogP contribution in [0.1, 0.15) is 55.4 Å². The van der Waals surface area contributed by atoms with Crippen molar-refractivity contribution in [1.29, 1.82) is 0 Å². The number of rotatable bonds is 7. The van der Waals surface area contributed by atoms with Crippen LogP contribution in [0.2, 0.25) is 0 Å². The largest absolute Gasteiger partial charge is 0.458 e. The first-order valence-corrected chi connectivity index (χ1v) is 19.1. The molecule has 0 atom stereocenters. The minimum atomic E-state index is -1.59. The second kappa shape index (κ2) is 13.6. The van der Waals surface area contributed by atoms with E-state index in [0.717, 1.165) is 49.7 Å². The van der Waals surface area contributed by atoms with Gasteiger partial charge in [0.05, 0.1) is 27.8 Å². The second-order valence-electron chi connectivity index (χ2n) is 16.4. The summed E-state index contributed by atoms with van der Waals surface area (Å²) < 4.78 is 30.9. The van der Waals surface area contributed by atoms with Crippen LogP contribution in [0.3, 0.4) is 0 Å². The lowest BCUT2D eigenvalue weighted by Crippen LogP contribution is -2.30. The molecule has 0 aliphatic rings. The monoisotopic (exact) mass is 733 g/mol. The first kappa shape index (κ1) is 32.9. The molecule has 0 spiro atoms. The standard InChI is InChI=1S/C50H45N5O/c1-49(2,3)32-34-23-25-52-48(27-34)55-43-22-19-36(35-13-8-7-9-14-35)28-42(43)41-21-20-39(30-46(41)55)56-40-24-26-51-47(31-40)54-33-53(44-17-10-11-18-45(44)54)38-16-12-15-37(29-38)50(4,5)6/h7-31H,32H2,1-6H3/i32D2. The smallest absolute Gasteiger partial charge is 0.271 e. The Kier molecular flexibility index (Phi) is 8.01. The number of hydrogen-bond acceptors (Lipinski definition) is 3. The molecule has 0 saturated carbocycles. The van der Waals surface area contributed by atoms with Crippen molar-refractivity contribution in [2.24, 2.45) is 5.41 Å². The summed E-state index contributed by atoms with van der Waals surface area (Å²) >= 11 is 0. The van der Waals surface area contributed by atoms with E-state index in [1.807, 2.05) is 73.9 Å². The molecule has 0 fully saturated rings. The van der Waals surface area contributed by atoms with Gasteiger partial charge in [-0.2, -0.15) is 0 Å². The molecule has 0 amide bonds. The van der Waals surface area contributed by atoms with Crippen LogP contribution in [-0.4, -0.2) is 19.1 Å². The number of aromatic nitrogens is 5. The average molecular weight is 734 g/mol. The predicted octanol–water partition coefficient (Wildman–Crippen LogP) is 11.9. The first-order chi connectivity index (χ1) is 27.8. The van der Waals surface area contributed by atoms with Gasteiger partial charge in [0.2, 0.25) is 0 Å². The van der Waals surface area contributed by atoms with Crippen LogP contribution in [0.4, 0.5) is 0 Å². The number of nitrogens with zero attached hydrogens (tertiary/aromatic N) is 5. The van der Waals surface area contributed by atoms with E-state index in [1.54, 1.807) is 18.5 Å². The van der Waals surface area contributed by atoms with Crippen LogP contribution in [0, 0.1) is 11.7 Å². The van der Waals surface area contributed by atoms with Gasteiger partial charge in [-0.25, -0.2) is 4.98 Å². The molecule has 0 radical (unpaired) electrons. The zero-order valence-corrected chi connectivity index (χ0v) is 32.6. The van der Waals surface area contributed by atoms with Crippen molar-refractivity contribution in [1.82, 2.24) is 19.1 Å². The lowest BCUT2D eigenvalue weighted by atomic mass is 9.87. The zero-order valence-electron chi connectivity index (χ0n) is 34.6. The summed E-state index contributed by atoms with van der Waals surface area (Å²) in [5, 5.41) is 2.10. The second-order valence-corrected chi connectivity index (χ2v) is 16.4. The molecular formula is C50H45N5O. The lowest BCUT2D eigenvalue weighted by Gasteiger charge is -2.20. The van der Waals surface area contributed by atoms with Crippen LogP contribution in [-0.2, 0) is 11.8 Å². The Morgan fingerprint density at radius 1 is 0.625 bits per heavy atom. The Labute approximate surface area is 331 Å². The number of para-hydroxylation sites is 2. The van der Waals surface area contributed by atoms with E-state index in [9.17, 15) is 0 Å². The summed E-state index contributed by atoms with van der Waals surface area (Å²) in [6, 6.07) is 47.3. The van der Waals surface area contributed by atoms with E-state index in [0.29, 0.717) is 28.7 Å². The van der Waals surface area contributed by atoms with Gasteiger partial charge in [0.25, 0.3) is 6.33 Å². The third kappa shape index (κ3) is 6.72. The Morgan fingerprint density at radius 2 is 1.39 bits per heavy atom. The van der Waals surface area contributed by atoms with Gasteiger partial charge in [0.15, 0.2) is 5.82 Å². The molecule has 6 nitrogen and oxygen atoms in total. The summed E-state index contributed by atoms with van der Waals surface area (Å²) in [6.45, 7) is 12.4. The van der Waals surface area contributed by atoms with Crippen molar-refractivity contribution >= 4 is 32.8 Å². The van der Waals surface area contributed by atoms with E-state index in [4.69, 9.17) is 17.4 Å². The van der Waals surface area contributed by atoms with Gasteiger partial charge >= 0.3 is 0 Å². The highest BCUT2D eigenvalue weighted by Crippen LogP contribution is 2.38. The third-order valence-electron chi connectivity index (χ3n) is 10.1. The molecule has 9 rings (SSSR count). The van der Waals surface area contributed by atoms with Crippen LogP contribution >= 0.6 is 0 Å². The number of ether oxygens (including phenoxy) is 1. The van der Waals surface area contributed by atoms with Crippen molar-refractivity contribution in [2.45, 2.75) is 53.3 Å². The Balaban J connectivity index is 1.14. The fourth-order valence-corrected chi connectivity index (χ4v) is 7.43. The number of pyridine rings is 2. The maximum Gasteiger partial charge on any atom is 0.271 e. The molecule has 0 bridgehead atoms. The van der Waals surface area contributed by atoms with Crippen molar-refractivity contribution in [3.63, 3.8) is 0 Å². The van der Waals surface area contributed by atoms with E-state index in [1.165, 1.54) is 5.56 Å². The van der Waals surface area contributed by atoms with E-state index >= 15 is 0 Å². The number of fused-ring (bicyclic) bond motifs is 4. The summed E-state index contributed by atoms with van der Waals surface area (Å²) in [6.07, 6.45) is 5.45. The van der Waals surface area contributed by atoms with Crippen molar-refractivity contribution in [2.75, 3.05) is 0 Å². The van der Waals surface area contributed by atoms with Gasteiger partial charge in [-0.1, -0.05) is 114 Å². The topological polar surface area (TPSA) is 48.8 Å². The molecule has 6 heteroatoms. The van der Waals surface area contributed by atoms with E-state index < -0.39 is 11.8 Å². The molecule has 56 heavy (non-hydrogen) atoms. The molecule has 0 aliphatic heterocycles. The summed E-state index contributed by atoms with van der Waals surface area (Å²) in [7, 11) is 0. The number of imidazole rings is 1. The third-order valence-corrected chi connectivity index (χ3v) is 10.1. The quantitative estimate of drug-likeness (QED) is 0.121. The van der Waals surface area contributed by atoms with Gasteiger partial charge in [-0.05, 0) is 94.1 Å². The molecule has 5 aromatic carbocycles. The summed E-state index contributed by atoms with van der Waals surface area (Å²) in [5.74, 6) is 2.59. The molecule has 9 aromatic rings. The molecule has 4 heterocycles. The predicted molar refractivity (Wildman–Crippen MR) is 227 cm³/mol. The number of benzene rings is 5. The molecule has 276 valence electrons. The molecule has 0 saturated heterocycles. The van der Waals surface area contributed by atoms with Gasteiger partial charge in [-0.3, -0.25) is 18.7 Å². The van der Waals surface area contributed by atoms with Crippen LogP contribution in [0.25, 0.3) is 61.3 Å². The molecule has 0 aliphatic carbocycles. The van der Waals surface area contributed by atoms with Crippen molar-refractivity contribution < 1.29 is 12.0 Å². The SMILES string of the molecule is [2H]C([2H])(c1ccnc(-n2c3ccc(-c4ccccc4)cc3c3ccc(Oc4ccnc(-n5[c-][n+](-c6cccc(C(C)(C)C)c6)c6ccccc65)c4)cc32)c1)C(C)(C)C.